The maximum atomic E-state index is 8.25. The van der Waals surface area contributed by atoms with Gasteiger partial charge in [0.25, 0.3) is 0 Å². The normalized spacial score (nSPS) is 3.43. The van der Waals surface area contributed by atoms with E-state index in [0.717, 1.165) is 0 Å². The molecule has 7 heavy (non-hydrogen) atoms. The van der Waals surface area contributed by atoms with Crippen LogP contribution in [0.3, 0.4) is 0 Å². The molecule has 1 N–H and O–H groups in total. The Kier molecular flexibility index (Phi) is 53.4. The summed E-state index contributed by atoms with van der Waals surface area (Å²) in [5.74, 6) is 0. The first-order valence-electron chi connectivity index (χ1n) is 0.548. The van der Waals surface area contributed by atoms with Crippen molar-refractivity contribution in [3.8, 4) is 0 Å². The van der Waals surface area contributed by atoms with Gasteiger partial charge >= 0.3 is 65.0 Å². The zero-order valence-corrected chi connectivity index (χ0v) is 11.2. The minimum atomic E-state index is -1.75. The zero-order chi connectivity index (χ0) is 3.58. The van der Waals surface area contributed by atoms with Crippen molar-refractivity contribution < 1.29 is 10.6 Å². The Morgan fingerprint density at radius 2 is 1.29 bits per heavy atom. The van der Waals surface area contributed by atoms with Crippen molar-refractivity contribution >= 4 is 65.0 Å². The van der Waals surface area contributed by atoms with E-state index >= 15 is 0 Å². The number of hydrogen-bond donors (Lipinski definition) is 0. The predicted octanol–water partition coefficient (Wildman–Crippen LogP) is -1.71. The van der Waals surface area contributed by atoms with Crippen molar-refractivity contribution in [3.05, 3.63) is 15.3 Å². The molecule has 0 heterocycles. The van der Waals surface area contributed by atoms with Crippen LogP contribution in [0.4, 0.5) is 0 Å². The van der Waals surface area contributed by atoms with E-state index in [1.165, 1.54) is 0 Å². The van der Waals surface area contributed by atoms with Crippen LogP contribution < -0.4 is 0 Å². The summed E-state index contributed by atoms with van der Waals surface area (Å²) in [4.78, 5) is 8.25. The van der Waals surface area contributed by atoms with E-state index in [4.69, 9.17) is 15.3 Å². The summed E-state index contributed by atoms with van der Waals surface area (Å²) in [7, 11) is 0. The first-order valence-corrected chi connectivity index (χ1v) is 0.548. The Morgan fingerprint density at radius 3 is 1.29 bits per heavy atom. The van der Waals surface area contributed by atoms with Gasteiger partial charge in [-0.1, -0.05) is 0 Å². The van der Waals surface area contributed by atoms with E-state index in [2.05, 4.69) is 0 Å². The van der Waals surface area contributed by atoms with Crippen molar-refractivity contribution in [1.82, 2.24) is 0 Å². The Balaban J connectivity index is -0.0000000150. The fourth-order valence-corrected chi connectivity index (χ4v) is 0. The standard InChI is InChI=1S/Ca.NO3.H2O.Pb.2H/c;2-1(3)4;;;;/h;;1H2;;;/q+2;-1;;;;/p-1. The molecular weight excluding hydrogens is 325 g/mol. The van der Waals surface area contributed by atoms with Crippen LogP contribution in [0.15, 0.2) is 0 Å². The Hall–Kier alpha value is 1.34. The average molecular weight is 328 g/mol. The molecule has 0 saturated carbocycles. The van der Waals surface area contributed by atoms with Crippen LogP contribution in [0.2, 0.25) is 0 Å². The van der Waals surface area contributed by atoms with Gasteiger partial charge in [-0.05, 0) is 0 Å². The topological polar surface area (TPSA) is 96.2 Å². The molecule has 0 aliphatic heterocycles. The van der Waals surface area contributed by atoms with Crippen molar-refractivity contribution in [2.75, 3.05) is 0 Å². The van der Waals surface area contributed by atoms with Crippen LogP contribution >= 0.6 is 0 Å². The summed E-state index contributed by atoms with van der Waals surface area (Å²) in [6.07, 6.45) is 0. The molecule has 0 bridgehead atoms. The van der Waals surface area contributed by atoms with E-state index in [-0.39, 0.29) is 70.5 Å². The van der Waals surface area contributed by atoms with Gasteiger partial charge in [0.15, 0.2) is 0 Å². The molecule has 38 valence electrons. The van der Waals surface area contributed by atoms with E-state index in [1.54, 1.807) is 0 Å². The molecule has 0 amide bonds. The number of rotatable bonds is 0. The second-order valence-electron chi connectivity index (χ2n) is 0.224. The predicted molar refractivity (Wildman–Crippen MR) is 26.6 cm³/mol. The summed E-state index contributed by atoms with van der Waals surface area (Å²) in [6, 6.07) is 0. The Morgan fingerprint density at radius 1 is 1.29 bits per heavy atom. The summed E-state index contributed by atoms with van der Waals surface area (Å²) < 4.78 is 0. The fourth-order valence-electron chi connectivity index (χ4n) is 0. The second-order valence-corrected chi connectivity index (χ2v) is 0.224. The minimum absolute atomic E-state index is 0. The van der Waals surface area contributed by atoms with Gasteiger partial charge < -0.3 is 20.8 Å². The van der Waals surface area contributed by atoms with Crippen LogP contribution in [0.25, 0.3) is 0 Å². The van der Waals surface area contributed by atoms with Gasteiger partial charge in [-0.3, -0.25) is 0 Å². The van der Waals surface area contributed by atoms with Gasteiger partial charge in [0.2, 0.25) is 0 Å². The van der Waals surface area contributed by atoms with E-state index in [0.29, 0.717) is 0 Å². The van der Waals surface area contributed by atoms with Crippen LogP contribution in [0.1, 0.15) is 0 Å². The number of nitrogens with zero attached hydrogens (tertiary/aromatic N) is 1. The molecule has 0 aromatic rings. The van der Waals surface area contributed by atoms with Crippen LogP contribution in [0.5, 0.6) is 0 Å². The molecule has 0 aromatic heterocycles. The third-order valence-corrected chi connectivity index (χ3v) is 0. The van der Waals surface area contributed by atoms with Gasteiger partial charge in [0.1, 0.15) is 0 Å². The molecule has 0 aliphatic rings. The van der Waals surface area contributed by atoms with Crippen LogP contribution in [-0.4, -0.2) is 75.6 Å². The fraction of sp³-hybridized carbons (Fsp3) is 0. The maximum absolute atomic E-state index is 8.25. The third kappa shape index (κ3) is 116. The van der Waals surface area contributed by atoms with E-state index in [9.17, 15) is 0 Å². The molecule has 0 spiro atoms. The van der Waals surface area contributed by atoms with Gasteiger partial charge in [0.05, 0.1) is 5.09 Å². The molecule has 0 fully saturated rings. The molecule has 0 saturated heterocycles. The van der Waals surface area contributed by atoms with Gasteiger partial charge in [-0.25, -0.2) is 0 Å². The molecule has 2 radical (unpaired) electrons. The molecule has 0 atom stereocenters. The van der Waals surface area contributed by atoms with Crippen LogP contribution in [-0.2, 0) is 0 Å². The zero-order valence-electron chi connectivity index (χ0n) is 3.53. The second kappa shape index (κ2) is 15.7. The van der Waals surface area contributed by atoms with Gasteiger partial charge in [0, 0.05) is 0 Å². The van der Waals surface area contributed by atoms with Crippen molar-refractivity contribution in [2.45, 2.75) is 0 Å². The molecule has 0 rings (SSSR count). The SMILES string of the molecule is O=[N+]([O-])[O-].[Ca+2].[OH-].[PbH2]. The molecule has 5 nitrogen and oxygen atoms in total. The summed E-state index contributed by atoms with van der Waals surface area (Å²) >= 11 is 0. The summed E-state index contributed by atoms with van der Waals surface area (Å²) in [6.45, 7) is 0. The third-order valence-electron chi connectivity index (χ3n) is 0. The monoisotopic (exact) mass is 329 g/mol. The first kappa shape index (κ1) is 23.9. The summed E-state index contributed by atoms with van der Waals surface area (Å²) in [5.41, 5.74) is 0. The summed E-state index contributed by atoms with van der Waals surface area (Å²) in [5, 5.41) is 14.8. The molecule has 0 aromatic carbocycles. The van der Waals surface area contributed by atoms with Crippen molar-refractivity contribution in [1.29, 1.82) is 0 Å². The van der Waals surface area contributed by atoms with E-state index < -0.39 is 5.09 Å². The van der Waals surface area contributed by atoms with Gasteiger partial charge in [-0.2, -0.15) is 0 Å². The quantitative estimate of drug-likeness (QED) is 0.300. The van der Waals surface area contributed by atoms with Crippen molar-refractivity contribution in [3.63, 3.8) is 0 Å². The van der Waals surface area contributed by atoms with Crippen molar-refractivity contribution in [2.24, 2.45) is 0 Å². The molecular formula is H3CaNO4Pb. The average Bonchev–Trinajstić information content (AvgIpc) is 0.811. The Labute approximate surface area is 89.7 Å². The first-order chi connectivity index (χ1) is 1.73. The molecule has 0 aliphatic carbocycles. The van der Waals surface area contributed by atoms with Crippen LogP contribution in [0, 0.1) is 15.3 Å². The van der Waals surface area contributed by atoms with E-state index in [1.807, 2.05) is 0 Å². The Bertz CT molecular complexity index is 34.7. The molecule has 7 heteroatoms. The number of hydrogen-bond acceptors (Lipinski definition) is 4. The van der Waals surface area contributed by atoms with Gasteiger partial charge in [-0.15, -0.1) is 0 Å². The molecule has 0 unspecified atom stereocenters.